The molecule has 18 heavy (non-hydrogen) atoms. The molecule has 0 amide bonds. The van der Waals surface area contributed by atoms with Crippen LogP contribution in [0.2, 0.25) is 0 Å². The molecule has 0 unspecified atom stereocenters. The topological polar surface area (TPSA) is 99.0 Å². The minimum absolute atomic E-state index is 0.0210. The molecule has 0 aromatic rings. The molecule has 0 radical (unpaired) electrons. The molecule has 2 rings (SSSR count). The third kappa shape index (κ3) is 3.27. The van der Waals surface area contributed by atoms with Crippen LogP contribution in [-0.2, 0) is 9.53 Å². The lowest BCUT2D eigenvalue weighted by Gasteiger charge is -2.33. The summed E-state index contributed by atoms with van der Waals surface area (Å²) < 4.78 is 5.31. The van der Waals surface area contributed by atoms with E-state index >= 15 is 0 Å². The van der Waals surface area contributed by atoms with Gasteiger partial charge in [-0.25, -0.2) is 0 Å². The number of aliphatic hydroxyl groups is 3. The van der Waals surface area contributed by atoms with Crippen LogP contribution in [0, 0.1) is 5.92 Å². The monoisotopic (exact) mass is 259 g/mol. The van der Waals surface area contributed by atoms with Gasteiger partial charge < -0.3 is 25.4 Å². The van der Waals surface area contributed by atoms with Gasteiger partial charge in [-0.05, 0) is 18.8 Å². The summed E-state index contributed by atoms with van der Waals surface area (Å²) in [5, 5.41) is 31.1. The van der Waals surface area contributed by atoms with Crippen LogP contribution in [0.5, 0.6) is 0 Å². The van der Waals surface area contributed by atoms with E-state index in [1.165, 1.54) is 0 Å². The molecule has 2 fully saturated rings. The van der Waals surface area contributed by atoms with Gasteiger partial charge in [0, 0.05) is 13.0 Å². The summed E-state index contributed by atoms with van der Waals surface area (Å²) >= 11 is 0. The van der Waals surface area contributed by atoms with Gasteiger partial charge in [0.05, 0.1) is 37.6 Å². The van der Waals surface area contributed by atoms with Crippen molar-refractivity contribution in [2.45, 2.75) is 43.6 Å². The second kappa shape index (κ2) is 6.08. The molecule has 0 aliphatic carbocycles. The van der Waals surface area contributed by atoms with Gasteiger partial charge in [0.25, 0.3) is 0 Å². The lowest BCUT2D eigenvalue weighted by molar-refractivity contribution is -0.131. The number of hydrogen-bond donors (Lipinski definition) is 4. The minimum Gasteiger partial charge on any atom is -0.394 e. The highest BCUT2D eigenvalue weighted by Gasteiger charge is 2.35. The average Bonchev–Trinajstić information content (AvgIpc) is 2.76. The summed E-state index contributed by atoms with van der Waals surface area (Å²) in [6, 6.07) is -0.307. The average molecular weight is 259 g/mol. The van der Waals surface area contributed by atoms with Gasteiger partial charge in [-0.2, -0.15) is 0 Å². The number of Topliss-reactive ketones (excluding diaryl/α,β-unsaturated/α-hetero) is 1. The molecule has 0 saturated carbocycles. The van der Waals surface area contributed by atoms with Crippen molar-refractivity contribution in [1.82, 2.24) is 5.32 Å². The summed E-state index contributed by atoms with van der Waals surface area (Å²) in [6.45, 7) is 0.533. The number of carbonyl (C=O) groups is 1. The van der Waals surface area contributed by atoms with E-state index in [0.717, 1.165) is 0 Å². The highest BCUT2D eigenvalue weighted by atomic mass is 16.5. The first-order valence-electron chi connectivity index (χ1n) is 6.44. The number of β-amino-alcohol motifs (C(OH)–C–C–N with tert-alkyl or cyclic N) is 1. The highest BCUT2D eigenvalue weighted by Crippen LogP contribution is 2.25. The Balaban J connectivity index is 1.88. The zero-order chi connectivity index (χ0) is 13.1. The Morgan fingerprint density at radius 3 is 2.67 bits per heavy atom. The second-order valence-corrected chi connectivity index (χ2v) is 5.22. The highest BCUT2D eigenvalue weighted by molar-refractivity contribution is 5.84. The van der Waals surface area contributed by atoms with Crippen LogP contribution in [0.4, 0.5) is 0 Å². The number of aliphatic hydroxyl groups excluding tert-OH is 3. The van der Waals surface area contributed by atoms with E-state index in [1.54, 1.807) is 0 Å². The Morgan fingerprint density at radius 2 is 2.06 bits per heavy atom. The maximum atomic E-state index is 12.0. The van der Waals surface area contributed by atoms with Crippen molar-refractivity contribution in [2.24, 2.45) is 5.92 Å². The van der Waals surface area contributed by atoms with Gasteiger partial charge in [0.15, 0.2) is 0 Å². The van der Waals surface area contributed by atoms with Gasteiger partial charge >= 0.3 is 0 Å². The Labute approximate surface area is 106 Å². The van der Waals surface area contributed by atoms with E-state index in [2.05, 4.69) is 5.32 Å². The van der Waals surface area contributed by atoms with Gasteiger partial charge in [-0.3, -0.25) is 4.79 Å². The van der Waals surface area contributed by atoms with E-state index < -0.39 is 12.2 Å². The quantitative estimate of drug-likeness (QED) is 0.487. The van der Waals surface area contributed by atoms with Gasteiger partial charge in [-0.15, -0.1) is 0 Å². The molecule has 0 bridgehead atoms. The molecule has 0 spiro atoms. The van der Waals surface area contributed by atoms with E-state index in [-0.39, 0.29) is 43.5 Å². The fourth-order valence-corrected chi connectivity index (χ4v) is 2.72. The molecule has 5 atom stereocenters. The van der Waals surface area contributed by atoms with E-state index in [9.17, 15) is 20.1 Å². The summed E-state index contributed by atoms with van der Waals surface area (Å²) in [5.74, 6) is -0.126. The molecule has 2 heterocycles. The maximum Gasteiger partial charge on any atom is 0.150 e. The second-order valence-electron chi connectivity index (χ2n) is 5.22. The zero-order valence-electron chi connectivity index (χ0n) is 10.3. The van der Waals surface area contributed by atoms with Gasteiger partial charge in [-0.1, -0.05) is 0 Å². The number of ketones is 1. The number of carbonyl (C=O) groups excluding carboxylic acids is 1. The Morgan fingerprint density at radius 1 is 1.28 bits per heavy atom. The van der Waals surface area contributed by atoms with Crippen LogP contribution in [0.3, 0.4) is 0 Å². The van der Waals surface area contributed by atoms with Crippen molar-refractivity contribution in [1.29, 1.82) is 0 Å². The molecule has 6 nitrogen and oxygen atoms in total. The van der Waals surface area contributed by atoms with E-state index in [0.29, 0.717) is 19.4 Å². The van der Waals surface area contributed by atoms with Crippen molar-refractivity contribution in [3.63, 3.8) is 0 Å². The van der Waals surface area contributed by atoms with Crippen LogP contribution in [0.15, 0.2) is 0 Å². The molecule has 0 aromatic carbocycles. The first kappa shape index (κ1) is 13.9. The van der Waals surface area contributed by atoms with Crippen LogP contribution in [0.25, 0.3) is 0 Å². The summed E-state index contributed by atoms with van der Waals surface area (Å²) in [6.07, 6.45) is -0.199. The van der Waals surface area contributed by atoms with E-state index in [4.69, 9.17) is 4.74 Å². The third-order valence-electron chi connectivity index (χ3n) is 3.74. The van der Waals surface area contributed by atoms with Crippen LogP contribution in [0.1, 0.15) is 19.3 Å². The lowest BCUT2D eigenvalue weighted by atomic mass is 9.87. The van der Waals surface area contributed by atoms with Crippen molar-refractivity contribution < 1.29 is 24.9 Å². The predicted octanol–water partition coefficient (Wildman–Crippen LogP) is -1.57. The molecular weight excluding hydrogens is 238 g/mol. The summed E-state index contributed by atoms with van der Waals surface area (Å²) in [5.41, 5.74) is 0. The van der Waals surface area contributed by atoms with Crippen LogP contribution < -0.4 is 5.32 Å². The summed E-state index contributed by atoms with van der Waals surface area (Å²) in [4.78, 5) is 12.0. The van der Waals surface area contributed by atoms with Crippen LogP contribution in [-0.4, -0.2) is 65.2 Å². The lowest BCUT2D eigenvalue weighted by Crippen LogP contribution is -2.42. The van der Waals surface area contributed by atoms with Crippen molar-refractivity contribution in [3.8, 4) is 0 Å². The number of rotatable bonds is 4. The van der Waals surface area contributed by atoms with Gasteiger partial charge in [0.1, 0.15) is 5.78 Å². The Bertz CT molecular complexity index is 298. The van der Waals surface area contributed by atoms with Crippen molar-refractivity contribution in [3.05, 3.63) is 0 Å². The number of nitrogens with one attached hydrogen (secondary N) is 1. The van der Waals surface area contributed by atoms with Crippen molar-refractivity contribution >= 4 is 5.78 Å². The Kier molecular flexibility index (Phi) is 4.69. The largest absolute Gasteiger partial charge is 0.394 e. The van der Waals surface area contributed by atoms with Crippen LogP contribution >= 0.6 is 0 Å². The summed E-state index contributed by atoms with van der Waals surface area (Å²) in [7, 11) is 0. The number of ether oxygens (including phenoxy) is 1. The van der Waals surface area contributed by atoms with E-state index in [1.807, 2.05) is 0 Å². The molecule has 2 aliphatic rings. The molecular formula is C12H21NO5. The zero-order valence-corrected chi connectivity index (χ0v) is 10.3. The first-order chi connectivity index (χ1) is 8.60. The molecule has 0 aromatic heterocycles. The third-order valence-corrected chi connectivity index (χ3v) is 3.74. The standard InChI is InChI=1S/C12H21NO5/c14-5-12-7(1-9(16)6-18-12)2-11(17)10-3-8(15)4-13-10/h7-10,12-16H,1-6H2/t7-,8+,9-,10+,12-/m0/s1. The predicted molar refractivity (Wildman–Crippen MR) is 63.0 cm³/mol. The Hall–Kier alpha value is -0.530. The maximum absolute atomic E-state index is 12.0. The molecule has 104 valence electrons. The SMILES string of the molecule is O=C(C[C@@H]1C[C@H](O)CO[C@H]1CO)[C@H]1C[C@@H](O)CN1. The minimum atomic E-state index is -0.562. The fourth-order valence-electron chi connectivity index (χ4n) is 2.72. The number of hydrogen-bond acceptors (Lipinski definition) is 6. The van der Waals surface area contributed by atoms with Crippen molar-refractivity contribution in [2.75, 3.05) is 19.8 Å². The fraction of sp³-hybridized carbons (Fsp3) is 0.917. The smallest absolute Gasteiger partial charge is 0.150 e. The normalized spacial score (nSPS) is 40.9. The molecule has 6 heteroatoms. The molecule has 2 saturated heterocycles. The first-order valence-corrected chi connectivity index (χ1v) is 6.44. The molecule has 4 N–H and O–H groups in total. The van der Waals surface area contributed by atoms with Gasteiger partial charge in [0.2, 0.25) is 0 Å². The molecule has 2 aliphatic heterocycles.